The van der Waals surface area contributed by atoms with E-state index in [2.05, 4.69) is 21.2 Å². The summed E-state index contributed by atoms with van der Waals surface area (Å²) in [5.41, 5.74) is 5.88. The van der Waals surface area contributed by atoms with Gasteiger partial charge < -0.3 is 11.1 Å². The summed E-state index contributed by atoms with van der Waals surface area (Å²) in [5, 5.41) is 7.71. The second-order valence-corrected chi connectivity index (χ2v) is 6.57. The van der Waals surface area contributed by atoms with Crippen molar-refractivity contribution >= 4 is 37.5 Å². The van der Waals surface area contributed by atoms with Crippen LogP contribution in [-0.4, -0.2) is 20.9 Å². The minimum absolute atomic E-state index is 0.0209. The number of carbonyl (C=O) groups excluding carboxylic acids is 1. The highest BCUT2D eigenvalue weighted by Crippen LogP contribution is 2.25. The Hall–Kier alpha value is -0.960. The van der Waals surface area contributed by atoms with Gasteiger partial charge in [0.25, 0.3) is 0 Å². The number of hydrogen-bond acceptors (Lipinski definition) is 4. The van der Waals surface area contributed by atoms with Crippen molar-refractivity contribution in [2.24, 2.45) is 16.8 Å². The van der Waals surface area contributed by atoms with Crippen LogP contribution in [0.3, 0.4) is 0 Å². The van der Waals surface area contributed by atoms with Crippen molar-refractivity contribution in [3.8, 4) is 0 Å². The lowest BCUT2D eigenvalue weighted by Gasteiger charge is -2.12. The van der Waals surface area contributed by atoms with Crippen molar-refractivity contribution in [3.05, 3.63) is 22.7 Å². The SMILES string of the molecule is CC(CCN)C(=O)Nc1ccc(S(N)(=O)=O)cc1Br. The first-order valence-corrected chi connectivity index (χ1v) is 7.93. The van der Waals surface area contributed by atoms with Crippen molar-refractivity contribution in [2.45, 2.75) is 18.2 Å². The molecule has 106 valence electrons. The topological polar surface area (TPSA) is 115 Å². The van der Waals surface area contributed by atoms with Gasteiger partial charge in [-0.05, 0) is 47.1 Å². The number of primary sulfonamides is 1. The number of amides is 1. The highest BCUT2D eigenvalue weighted by atomic mass is 79.9. The molecule has 0 aliphatic carbocycles. The normalized spacial score (nSPS) is 13.1. The van der Waals surface area contributed by atoms with Gasteiger partial charge in [-0.1, -0.05) is 6.92 Å². The van der Waals surface area contributed by atoms with Gasteiger partial charge in [0.15, 0.2) is 0 Å². The molecule has 0 aromatic heterocycles. The Labute approximate surface area is 120 Å². The molecule has 1 atom stereocenters. The second-order valence-electron chi connectivity index (χ2n) is 4.15. The summed E-state index contributed by atoms with van der Waals surface area (Å²) in [4.78, 5) is 11.8. The van der Waals surface area contributed by atoms with Gasteiger partial charge in [-0.15, -0.1) is 0 Å². The molecular formula is C11H16BrN3O3S. The number of sulfonamides is 1. The highest BCUT2D eigenvalue weighted by Gasteiger charge is 2.15. The number of nitrogens with one attached hydrogen (secondary N) is 1. The molecule has 0 aliphatic rings. The molecule has 5 N–H and O–H groups in total. The molecule has 0 radical (unpaired) electrons. The molecule has 6 nitrogen and oxygen atoms in total. The Morgan fingerprint density at radius 2 is 2.11 bits per heavy atom. The van der Waals surface area contributed by atoms with Crippen LogP contribution < -0.4 is 16.2 Å². The molecule has 19 heavy (non-hydrogen) atoms. The molecule has 0 heterocycles. The summed E-state index contributed by atoms with van der Waals surface area (Å²) in [6.07, 6.45) is 0.582. The number of carbonyl (C=O) groups is 1. The summed E-state index contributed by atoms with van der Waals surface area (Å²) >= 11 is 3.20. The molecule has 0 bridgehead atoms. The predicted molar refractivity (Wildman–Crippen MR) is 77.0 cm³/mol. The van der Waals surface area contributed by atoms with Crippen molar-refractivity contribution in [3.63, 3.8) is 0 Å². The third-order valence-corrected chi connectivity index (χ3v) is 4.14. The fourth-order valence-corrected chi connectivity index (χ4v) is 2.58. The first-order valence-electron chi connectivity index (χ1n) is 5.59. The number of anilines is 1. The minimum atomic E-state index is -3.75. The minimum Gasteiger partial charge on any atom is -0.330 e. The van der Waals surface area contributed by atoms with E-state index in [1.54, 1.807) is 6.92 Å². The molecule has 1 aromatic carbocycles. The molecule has 1 amide bonds. The van der Waals surface area contributed by atoms with Crippen molar-refractivity contribution in [2.75, 3.05) is 11.9 Å². The van der Waals surface area contributed by atoms with Crippen molar-refractivity contribution in [1.82, 2.24) is 0 Å². The zero-order chi connectivity index (χ0) is 14.6. The van der Waals surface area contributed by atoms with Gasteiger partial charge >= 0.3 is 0 Å². The van der Waals surface area contributed by atoms with Gasteiger partial charge in [-0.25, -0.2) is 13.6 Å². The standard InChI is InChI=1S/C11H16BrN3O3S/c1-7(4-5-13)11(16)15-10-3-2-8(6-9(10)12)19(14,17)18/h2-3,6-7H,4-5,13H2,1H3,(H,15,16)(H2,14,17,18). The lowest BCUT2D eigenvalue weighted by molar-refractivity contribution is -0.119. The number of nitrogens with two attached hydrogens (primary N) is 2. The summed E-state index contributed by atoms with van der Waals surface area (Å²) in [6, 6.07) is 4.17. The van der Waals surface area contributed by atoms with Crippen molar-refractivity contribution in [1.29, 1.82) is 0 Å². The molecule has 1 unspecified atom stereocenters. The maximum Gasteiger partial charge on any atom is 0.238 e. The Morgan fingerprint density at radius 1 is 1.47 bits per heavy atom. The lowest BCUT2D eigenvalue weighted by Crippen LogP contribution is -2.23. The lowest BCUT2D eigenvalue weighted by atomic mass is 10.1. The van der Waals surface area contributed by atoms with Crippen LogP contribution in [0.1, 0.15) is 13.3 Å². The number of rotatable bonds is 5. The molecule has 0 aliphatic heterocycles. The molecule has 0 fully saturated rings. The van der Waals surface area contributed by atoms with Crippen LogP contribution in [0.5, 0.6) is 0 Å². The summed E-state index contributed by atoms with van der Waals surface area (Å²) < 4.78 is 22.8. The fourth-order valence-electron chi connectivity index (χ4n) is 1.41. The molecule has 1 rings (SSSR count). The number of benzene rings is 1. The van der Waals surface area contributed by atoms with E-state index in [9.17, 15) is 13.2 Å². The van der Waals surface area contributed by atoms with Crippen LogP contribution >= 0.6 is 15.9 Å². The molecule has 0 saturated heterocycles. The van der Waals surface area contributed by atoms with Crippen molar-refractivity contribution < 1.29 is 13.2 Å². The Kier molecular flexibility index (Phi) is 5.48. The summed E-state index contributed by atoms with van der Waals surface area (Å²) in [5.74, 6) is -0.385. The number of halogens is 1. The largest absolute Gasteiger partial charge is 0.330 e. The van der Waals surface area contributed by atoms with Gasteiger partial charge in [0.1, 0.15) is 0 Å². The molecule has 1 aromatic rings. The predicted octanol–water partition coefficient (Wildman–Crippen LogP) is 1.02. The highest BCUT2D eigenvalue weighted by molar-refractivity contribution is 9.10. The Morgan fingerprint density at radius 3 is 2.58 bits per heavy atom. The molecule has 0 saturated carbocycles. The van der Waals surface area contributed by atoms with Crippen LogP contribution in [0.25, 0.3) is 0 Å². The first-order chi connectivity index (χ1) is 8.75. The van der Waals surface area contributed by atoms with Gasteiger partial charge in [0, 0.05) is 10.4 Å². The summed E-state index contributed by atoms with van der Waals surface area (Å²) in [6.45, 7) is 2.20. The van der Waals surface area contributed by atoms with Gasteiger partial charge in [0.2, 0.25) is 15.9 Å². The van der Waals surface area contributed by atoms with Crippen LogP contribution in [0.4, 0.5) is 5.69 Å². The van der Waals surface area contributed by atoms with Crippen LogP contribution in [0.2, 0.25) is 0 Å². The quantitative estimate of drug-likeness (QED) is 0.735. The van der Waals surface area contributed by atoms with E-state index in [1.807, 2.05) is 0 Å². The number of hydrogen-bond donors (Lipinski definition) is 3. The average molecular weight is 350 g/mol. The van der Waals surface area contributed by atoms with E-state index < -0.39 is 10.0 Å². The molecular weight excluding hydrogens is 334 g/mol. The zero-order valence-corrected chi connectivity index (χ0v) is 12.8. The van der Waals surface area contributed by atoms with Crippen LogP contribution in [0, 0.1) is 5.92 Å². The van der Waals surface area contributed by atoms with Gasteiger partial charge in [-0.2, -0.15) is 0 Å². The third kappa shape index (κ3) is 4.57. The first kappa shape index (κ1) is 16.1. The maximum absolute atomic E-state index is 11.8. The molecule has 0 spiro atoms. The van der Waals surface area contributed by atoms with E-state index in [4.69, 9.17) is 10.9 Å². The van der Waals surface area contributed by atoms with E-state index in [0.717, 1.165) is 0 Å². The van der Waals surface area contributed by atoms with E-state index in [-0.39, 0.29) is 16.7 Å². The van der Waals surface area contributed by atoms with Gasteiger partial charge in [0.05, 0.1) is 10.6 Å². The van der Waals surface area contributed by atoms with E-state index >= 15 is 0 Å². The Balaban J connectivity index is 2.90. The summed E-state index contributed by atoms with van der Waals surface area (Å²) in [7, 11) is -3.75. The van der Waals surface area contributed by atoms with Crippen LogP contribution in [0.15, 0.2) is 27.6 Å². The molecule has 8 heteroatoms. The fraction of sp³-hybridized carbons (Fsp3) is 0.364. The maximum atomic E-state index is 11.8. The Bertz CT molecular complexity index is 575. The second kappa shape index (κ2) is 6.47. The zero-order valence-electron chi connectivity index (χ0n) is 10.4. The third-order valence-electron chi connectivity index (χ3n) is 2.57. The van der Waals surface area contributed by atoms with Gasteiger partial charge in [-0.3, -0.25) is 4.79 Å². The van der Waals surface area contributed by atoms with E-state index in [0.29, 0.717) is 23.1 Å². The van der Waals surface area contributed by atoms with E-state index in [1.165, 1.54) is 18.2 Å². The van der Waals surface area contributed by atoms with Crippen LogP contribution in [-0.2, 0) is 14.8 Å². The smallest absolute Gasteiger partial charge is 0.238 e. The average Bonchev–Trinajstić information content (AvgIpc) is 2.30. The monoisotopic (exact) mass is 349 g/mol.